The molecule has 0 bridgehead atoms. The molecular formula is C22H33NO4. The summed E-state index contributed by atoms with van der Waals surface area (Å²) in [6.45, 7) is 4.86. The van der Waals surface area contributed by atoms with E-state index in [4.69, 9.17) is 9.47 Å². The molecule has 2 N–H and O–H groups in total. The first-order chi connectivity index (χ1) is 12.9. The third kappa shape index (κ3) is 4.28. The molecule has 3 rings (SSSR count). The first-order valence-corrected chi connectivity index (χ1v) is 10.0. The van der Waals surface area contributed by atoms with E-state index < -0.39 is 11.9 Å². The van der Waals surface area contributed by atoms with Gasteiger partial charge in [0, 0.05) is 7.11 Å². The number of hydroxylamine groups is 2. The van der Waals surface area contributed by atoms with Crippen molar-refractivity contribution in [3.05, 3.63) is 51.9 Å². The minimum atomic E-state index is -0.965. The van der Waals surface area contributed by atoms with Crippen LogP contribution in [0, 0.1) is 24.0 Å². The van der Waals surface area contributed by atoms with Crippen LogP contribution in [0.15, 0.2) is 30.0 Å². The number of methoxy groups -OCH3 is 1. The normalized spacial score (nSPS) is 26.4. The van der Waals surface area contributed by atoms with Crippen LogP contribution in [0.2, 0.25) is 0 Å². The van der Waals surface area contributed by atoms with E-state index in [0.717, 1.165) is 37.8 Å². The topological polar surface area (TPSA) is 66.2 Å². The molecule has 4 atom stereocenters. The second kappa shape index (κ2) is 8.41. The van der Waals surface area contributed by atoms with Crippen molar-refractivity contribution in [2.75, 3.05) is 20.8 Å². The largest absolute Gasteiger partial charge is 0.629 e. The van der Waals surface area contributed by atoms with E-state index in [0.29, 0.717) is 6.61 Å². The van der Waals surface area contributed by atoms with Gasteiger partial charge in [-0.1, -0.05) is 25.1 Å². The molecule has 1 aromatic carbocycles. The Balaban J connectivity index is 1.85. The Morgan fingerprint density at radius 2 is 2.11 bits per heavy atom. The number of benzene rings is 1. The third-order valence-electron chi connectivity index (χ3n) is 6.11. The summed E-state index contributed by atoms with van der Waals surface area (Å²) in [5.74, 6) is -0.0234. The zero-order valence-electron chi connectivity index (χ0n) is 17.0. The highest BCUT2D eigenvalue weighted by atomic mass is 16.6. The van der Waals surface area contributed by atoms with E-state index in [1.807, 2.05) is 6.08 Å². The Bertz CT molecular complexity index is 681. The number of rotatable bonds is 8. The number of ether oxygens (including phenoxy) is 2. The number of hydrogen-bond donors (Lipinski definition) is 2. The first-order valence-electron chi connectivity index (χ1n) is 10.0. The molecule has 0 aliphatic heterocycles. The Morgan fingerprint density at radius 1 is 1.37 bits per heavy atom. The van der Waals surface area contributed by atoms with Gasteiger partial charge in [0.15, 0.2) is 6.29 Å². The third-order valence-corrected chi connectivity index (χ3v) is 6.11. The minimum Gasteiger partial charge on any atom is -0.629 e. The number of hydrogen-bond acceptors (Lipinski definition) is 4. The molecule has 0 aromatic heterocycles. The molecule has 150 valence electrons. The summed E-state index contributed by atoms with van der Waals surface area (Å²) >= 11 is 0. The highest BCUT2D eigenvalue weighted by Gasteiger charge is 2.51. The highest BCUT2D eigenvalue weighted by Crippen LogP contribution is 2.53. The molecule has 0 saturated heterocycles. The Labute approximate surface area is 162 Å². The average molecular weight is 376 g/mol. The SMILES string of the molecule is COCCc1cccc(C)c1C1(OC(O)C2C([NH+](C)[O-])=CCCC2C)CC1. The van der Waals surface area contributed by atoms with Gasteiger partial charge < -0.3 is 24.9 Å². The Kier molecular flexibility index (Phi) is 6.39. The summed E-state index contributed by atoms with van der Waals surface area (Å²) in [4.78, 5) is 0. The number of aliphatic hydroxyl groups is 1. The van der Waals surface area contributed by atoms with Crippen LogP contribution in [0.1, 0.15) is 49.3 Å². The van der Waals surface area contributed by atoms with Gasteiger partial charge in [0.05, 0.1) is 25.2 Å². The summed E-state index contributed by atoms with van der Waals surface area (Å²) < 4.78 is 11.6. The number of aryl methyl sites for hydroxylation is 1. The maximum atomic E-state index is 12.1. The first kappa shape index (κ1) is 20.5. The van der Waals surface area contributed by atoms with Crippen molar-refractivity contribution in [1.29, 1.82) is 0 Å². The second-order valence-electron chi connectivity index (χ2n) is 8.15. The number of nitrogens with one attached hydrogen (secondary N) is 1. The highest BCUT2D eigenvalue weighted by molar-refractivity contribution is 5.42. The van der Waals surface area contributed by atoms with Gasteiger partial charge in [-0.3, -0.25) is 0 Å². The lowest BCUT2D eigenvalue weighted by molar-refractivity contribution is -0.789. The van der Waals surface area contributed by atoms with Crippen LogP contribution in [-0.2, 0) is 21.5 Å². The van der Waals surface area contributed by atoms with Crippen LogP contribution >= 0.6 is 0 Å². The molecule has 2 aliphatic rings. The standard InChI is InChI=1S/C22H33NO4/c1-15-7-6-10-18(23(3)25)19(15)21(24)27-22(12-13-22)20-16(2)8-5-9-17(20)11-14-26-4/h5,8-10,15,19,21,23-24H,6-7,11-14H2,1-4H3. The molecule has 0 amide bonds. The summed E-state index contributed by atoms with van der Waals surface area (Å²) in [5.41, 5.74) is 3.89. The smallest absolute Gasteiger partial charge is 0.168 e. The molecule has 1 saturated carbocycles. The maximum Gasteiger partial charge on any atom is 0.168 e. The molecule has 5 heteroatoms. The van der Waals surface area contributed by atoms with E-state index in [2.05, 4.69) is 32.0 Å². The molecule has 1 fully saturated rings. The lowest BCUT2D eigenvalue weighted by atomic mass is 9.82. The van der Waals surface area contributed by atoms with Gasteiger partial charge in [-0.15, -0.1) is 0 Å². The van der Waals surface area contributed by atoms with Crippen molar-refractivity contribution >= 4 is 0 Å². The van der Waals surface area contributed by atoms with Crippen molar-refractivity contribution in [2.45, 2.75) is 57.8 Å². The number of aliphatic hydroxyl groups excluding tert-OH is 1. The lowest BCUT2D eigenvalue weighted by Gasteiger charge is -2.37. The molecule has 4 unspecified atom stereocenters. The number of quaternary nitrogens is 1. The Hall–Kier alpha value is -1.24. The van der Waals surface area contributed by atoms with Crippen molar-refractivity contribution in [3.63, 3.8) is 0 Å². The molecule has 1 aromatic rings. The van der Waals surface area contributed by atoms with Crippen molar-refractivity contribution < 1.29 is 19.6 Å². The van der Waals surface area contributed by atoms with Crippen molar-refractivity contribution in [3.8, 4) is 0 Å². The molecule has 27 heavy (non-hydrogen) atoms. The van der Waals surface area contributed by atoms with Crippen LogP contribution in [-0.4, -0.2) is 32.2 Å². The van der Waals surface area contributed by atoms with E-state index in [1.165, 1.54) is 16.7 Å². The quantitative estimate of drug-likeness (QED) is 0.541. The predicted octanol–water partition coefficient (Wildman–Crippen LogP) is 2.45. The monoisotopic (exact) mass is 375 g/mol. The molecule has 0 radical (unpaired) electrons. The summed E-state index contributed by atoms with van der Waals surface area (Å²) in [7, 11) is 3.30. The van der Waals surface area contributed by atoms with Gasteiger partial charge >= 0.3 is 0 Å². The van der Waals surface area contributed by atoms with Gasteiger partial charge in [-0.25, -0.2) is 0 Å². The van der Waals surface area contributed by atoms with Gasteiger partial charge in [-0.2, -0.15) is 0 Å². The van der Waals surface area contributed by atoms with Gasteiger partial charge in [0.1, 0.15) is 5.70 Å². The van der Waals surface area contributed by atoms with E-state index in [-0.39, 0.29) is 16.9 Å². The predicted molar refractivity (Wildman–Crippen MR) is 105 cm³/mol. The summed E-state index contributed by atoms with van der Waals surface area (Å²) in [6.07, 6.45) is 5.50. The van der Waals surface area contributed by atoms with Crippen molar-refractivity contribution in [1.82, 2.24) is 0 Å². The molecule has 0 heterocycles. The van der Waals surface area contributed by atoms with Crippen LogP contribution in [0.5, 0.6) is 0 Å². The zero-order chi connectivity index (χ0) is 19.6. The summed E-state index contributed by atoms with van der Waals surface area (Å²) in [5, 5.41) is 23.1. The minimum absolute atomic E-state index is 0.0377. The molecule has 5 nitrogen and oxygen atoms in total. The lowest BCUT2D eigenvalue weighted by Crippen LogP contribution is -3.03. The zero-order valence-corrected chi connectivity index (χ0v) is 17.0. The number of allylic oxidation sites excluding steroid dienone is 1. The fraction of sp³-hybridized carbons (Fsp3) is 0.636. The van der Waals surface area contributed by atoms with Crippen LogP contribution in [0.25, 0.3) is 0 Å². The average Bonchev–Trinajstić information content (AvgIpc) is 3.39. The molecule has 0 spiro atoms. The van der Waals surface area contributed by atoms with Crippen LogP contribution in [0.3, 0.4) is 0 Å². The van der Waals surface area contributed by atoms with Crippen molar-refractivity contribution in [2.24, 2.45) is 11.8 Å². The van der Waals surface area contributed by atoms with E-state index in [1.54, 1.807) is 14.2 Å². The fourth-order valence-corrected chi connectivity index (χ4v) is 4.58. The van der Waals surface area contributed by atoms with Gasteiger partial charge in [-0.05, 0) is 67.7 Å². The van der Waals surface area contributed by atoms with Gasteiger partial charge in [0.2, 0.25) is 0 Å². The fourth-order valence-electron chi connectivity index (χ4n) is 4.58. The van der Waals surface area contributed by atoms with E-state index >= 15 is 0 Å². The van der Waals surface area contributed by atoms with Gasteiger partial charge in [0.25, 0.3) is 0 Å². The van der Waals surface area contributed by atoms with Crippen LogP contribution < -0.4 is 5.06 Å². The van der Waals surface area contributed by atoms with E-state index in [9.17, 15) is 10.3 Å². The maximum absolute atomic E-state index is 12.1. The Morgan fingerprint density at radius 3 is 2.74 bits per heavy atom. The summed E-state index contributed by atoms with van der Waals surface area (Å²) in [6, 6.07) is 6.29. The van der Waals surface area contributed by atoms with Crippen LogP contribution in [0.4, 0.5) is 0 Å². The second-order valence-corrected chi connectivity index (χ2v) is 8.15. The molecule has 2 aliphatic carbocycles. The molecular weight excluding hydrogens is 342 g/mol.